The number of carboxylic acids is 1. The first kappa shape index (κ1) is 23.1. The van der Waals surface area contributed by atoms with Gasteiger partial charge in [0.2, 0.25) is 0 Å². The molecule has 9 heteroatoms. The maximum atomic E-state index is 12.1. The molecule has 0 spiro atoms. The molecule has 0 unspecified atom stereocenters. The van der Waals surface area contributed by atoms with Crippen molar-refractivity contribution in [3.63, 3.8) is 0 Å². The van der Waals surface area contributed by atoms with Crippen molar-refractivity contribution in [2.75, 3.05) is 19.5 Å². The molecule has 9 nitrogen and oxygen atoms in total. The van der Waals surface area contributed by atoms with E-state index in [1.165, 1.54) is 26.5 Å². The van der Waals surface area contributed by atoms with Crippen LogP contribution in [0.2, 0.25) is 0 Å². The molecule has 3 N–H and O–H groups in total. The second-order valence-electron chi connectivity index (χ2n) is 6.73. The summed E-state index contributed by atoms with van der Waals surface area (Å²) in [6, 6.07) is 18.2. The molecule has 3 aromatic carbocycles. The molecule has 0 aliphatic heterocycles. The zero-order valence-electron chi connectivity index (χ0n) is 18.1. The molecule has 170 valence electrons. The smallest absolute Gasteiger partial charge is 0.339 e. The van der Waals surface area contributed by atoms with Crippen LogP contribution in [-0.2, 0) is 6.61 Å². The Kier molecular flexibility index (Phi) is 7.85. The van der Waals surface area contributed by atoms with E-state index < -0.39 is 12.0 Å². The molecular weight excluding hydrogens is 426 g/mol. The van der Waals surface area contributed by atoms with Gasteiger partial charge in [-0.15, -0.1) is 0 Å². The van der Waals surface area contributed by atoms with Gasteiger partial charge in [-0.25, -0.2) is 15.0 Å². The highest BCUT2D eigenvalue weighted by atomic mass is 16.5. The Morgan fingerprint density at radius 2 is 1.73 bits per heavy atom. The number of anilines is 1. The van der Waals surface area contributed by atoms with Gasteiger partial charge in [-0.2, -0.15) is 5.10 Å². The minimum atomic E-state index is -0.997. The summed E-state index contributed by atoms with van der Waals surface area (Å²) in [7, 11) is 3.03. The molecule has 0 saturated carbocycles. The Balaban J connectivity index is 1.59. The molecule has 0 aliphatic carbocycles. The van der Waals surface area contributed by atoms with Crippen LogP contribution in [0.15, 0.2) is 71.8 Å². The Hall–Kier alpha value is -4.53. The van der Waals surface area contributed by atoms with E-state index in [-0.39, 0.29) is 12.2 Å². The van der Waals surface area contributed by atoms with E-state index in [2.05, 4.69) is 15.8 Å². The van der Waals surface area contributed by atoms with Crippen LogP contribution in [0.5, 0.6) is 17.2 Å². The van der Waals surface area contributed by atoms with Crippen molar-refractivity contribution in [1.82, 2.24) is 5.43 Å². The quantitative estimate of drug-likeness (QED) is 0.334. The first-order valence-corrected chi connectivity index (χ1v) is 9.86. The highest BCUT2D eigenvalue weighted by molar-refractivity contribution is 5.92. The van der Waals surface area contributed by atoms with Crippen LogP contribution in [0.4, 0.5) is 10.5 Å². The van der Waals surface area contributed by atoms with Crippen molar-refractivity contribution in [1.29, 1.82) is 0 Å². The van der Waals surface area contributed by atoms with Crippen LogP contribution in [0.3, 0.4) is 0 Å². The zero-order valence-corrected chi connectivity index (χ0v) is 18.1. The number of ether oxygens (including phenoxy) is 3. The topological polar surface area (TPSA) is 118 Å². The predicted molar refractivity (Wildman–Crippen MR) is 123 cm³/mol. The Labute approximate surface area is 190 Å². The molecule has 0 aliphatic rings. The molecule has 3 rings (SSSR count). The number of carbonyl (C=O) groups excluding carboxylic acids is 1. The van der Waals surface area contributed by atoms with Gasteiger partial charge in [-0.05, 0) is 53.6 Å². The lowest BCUT2D eigenvalue weighted by atomic mass is 10.1. The van der Waals surface area contributed by atoms with Gasteiger partial charge in [0.25, 0.3) is 0 Å². The number of aromatic carboxylic acids is 1. The highest BCUT2D eigenvalue weighted by Gasteiger charge is 2.08. The number of methoxy groups -OCH3 is 2. The monoisotopic (exact) mass is 449 g/mol. The number of hydrazone groups is 1. The minimum absolute atomic E-state index is 0.176. The number of hydrogen-bond donors (Lipinski definition) is 3. The Morgan fingerprint density at radius 1 is 0.939 bits per heavy atom. The molecule has 0 aromatic heterocycles. The third kappa shape index (κ3) is 6.47. The third-order valence-electron chi connectivity index (χ3n) is 4.49. The summed E-state index contributed by atoms with van der Waals surface area (Å²) < 4.78 is 16.3. The largest absolute Gasteiger partial charge is 0.495 e. The number of para-hydroxylation sites is 2. The summed E-state index contributed by atoms with van der Waals surface area (Å²) in [6.07, 6.45) is 1.46. The SMILES string of the molecule is COc1ccccc1NC(=O)N/N=C/c1ccc(OCc2cccc(C(=O)O)c2)c(OC)c1. The summed E-state index contributed by atoms with van der Waals surface area (Å²) in [5.41, 5.74) is 4.48. The molecule has 0 bridgehead atoms. The van der Waals surface area contributed by atoms with Crippen LogP contribution >= 0.6 is 0 Å². The molecule has 0 fully saturated rings. The maximum absolute atomic E-state index is 12.1. The zero-order chi connectivity index (χ0) is 23.6. The van der Waals surface area contributed by atoms with E-state index >= 15 is 0 Å². The number of amides is 2. The van der Waals surface area contributed by atoms with Gasteiger partial charge in [0.15, 0.2) is 11.5 Å². The Bertz CT molecular complexity index is 1160. The van der Waals surface area contributed by atoms with E-state index in [1.807, 2.05) is 0 Å². The van der Waals surface area contributed by atoms with Gasteiger partial charge in [0.1, 0.15) is 12.4 Å². The minimum Gasteiger partial charge on any atom is -0.495 e. The molecule has 0 atom stereocenters. The van der Waals surface area contributed by atoms with Gasteiger partial charge >= 0.3 is 12.0 Å². The number of nitrogens with zero attached hydrogens (tertiary/aromatic N) is 1. The summed E-state index contributed by atoms with van der Waals surface area (Å²) in [5.74, 6) is 0.485. The van der Waals surface area contributed by atoms with Crippen molar-refractivity contribution in [2.45, 2.75) is 6.61 Å². The van der Waals surface area contributed by atoms with Crippen LogP contribution in [0.25, 0.3) is 0 Å². The van der Waals surface area contributed by atoms with Gasteiger partial charge in [-0.3, -0.25) is 0 Å². The first-order chi connectivity index (χ1) is 16.0. The molecule has 33 heavy (non-hydrogen) atoms. The molecule has 0 radical (unpaired) electrons. The second kappa shape index (κ2) is 11.2. The number of urea groups is 1. The van der Waals surface area contributed by atoms with E-state index in [9.17, 15) is 9.59 Å². The maximum Gasteiger partial charge on any atom is 0.339 e. The Morgan fingerprint density at radius 3 is 2.48 bits per heavy atom. The standard InChI is InChI=1S/C24H23N3O6/c1-31-20-9-4-3-8-19(20)26-24(30)27-25-14-16-10-11-21(22(13-16)32-2)33-15-17-6-5-7-18(12-17)23(28)29/h3-14H,15H2,1-2H3,(H,28,29)(H2,26,27,30)/b25-14+. The van der Waals surface area contributed by atoms with E-state index in [0.717, 1.165) is 0 Å². The number of carbonyl (C=O) groups is 2. The lowest BCUT2D eigenvalue weighted by Crippen LogP contribution is -2.24. The van der Waals surface area contributed by atoms with E-state index in [1.54, 1.807) is 60.7 Å². The van der Waals surface area contributed by atoms with Crippen LogP contribution in [0.1, 0.15) is 21.5 Å². The van der Waals surface area contributed by atoms with Crippen molar-refractivity contribution in [3.8, 4) is 17.2 Å². The molecular formula is C24H23N3O6. The van der Waals surface area contributed by atoms with Crippen LogP contribution in [-0.4, -0.2) is 37.5 Å². The number of nitrogens with one attached hydrogen (secondary N) is 2. The molecule has 0 saturated heterocycles. The predicted octanol–water partition coefficient (Wildman–Crippen LogP) is 4.14. The summed E-state index contributed by atoms with van der Waals surface area (Å²) in [6.45, 7) is 0.176. The fourth-order valence-corrected chi connectivity index (χ4v) is 2.90. The lowest BCUT2D eigenvalue weighted by Gasteiger charge is -2.12. The number of hydrogen-bond acceptors (Lipinski definition) is 6. The van der Waals surface area contributed by atoms with Gasteiger partial charge in [0, 0.05) is 0 Å². The average molecular weight is 449 g/mol. The second-order valence-corrected chi connectivity index (χ2v) is 6.73. The van der Waals surface area contributed by atoms with E-state index in [4.69, 9.17) is 19.3 Å². The number of rotatable bonds is 9. The lowest BCUT2D eigenvalue weighted by molar-refractivity contribution is 0.0696. The average Bonchev–Trinajstić information content (AvgIpc) is 2.83. The first-order valence-electron chi connectivity index (χ1n) is 9.86. The van der Waals surface area contributed by atoms with Crippen LogP contribution < -0.4 is 25.0 Å². The summed E-state index contributed by atoms with van der Waals surface area (Å²) in [4.78, 5) is 23.2. The van der Waals surface area contributed by atoms with Crippen molar-refractivity contribution < 1.29 is 28.9 Å². The highest BCUT2D eigenvalue weighted by Crippen LogP contribution is 2.28. The van der Waals surface area contributed by atoms with Crippen molar-refractivity contribution in [3.05, 3.63) is 83.4 Å². The normalized spacial score (nSPS) is 10.5. The van der Waals surface area contributed by atoms with Crippen LogP contribution in [0, 0.1) is 0 Å². The van der Waals surface area contributed by atoms with Gasteiger partial charge < -0.3 is 24.6 Å². The van der Waals surface area contributed by atoms with Gasteiger partial charge in [-0.1, -0.05) is 24.3 Å². The number of carboxylic acid groups (broad SMARTS) is 1. The number of benzene rings is 3. The fourth-order valence-electron chi connectivity index (χ4n) is 2.90. The van der Waals surface area contributed by atoms with Gasteiger partial charge in [0.05, 0.1) is 31.7 Å². The molecule has 0 heterocycles. The van der Waals surface area contributed by atoms with E-state index in [0.29, 0.717) is 34.1 Å². The van der Waals surface area contributed by atoms with Crippen molar-refractivity contribution in [2.24, 2.45) is 5.10 Å². The van der Waals surface area contributed by atoms with Crippen molar-refractivity contribution >= 4 is 23.9 Å². The molecule has 3 aromatic rings. The summed E-state index contributed by atoms with van der Waals surface area (Å²) in [5, 5.41) is 15.7. The third-order valence-corrected chi connectivity index (χ3v) is 4.49. The molecule has 2 amide bonds. The fraction of sp³-hybridized carbons (Fsp3) is 0.125. The summed E-state index contributed by atoms with van der Waals surface area (Å²) >= 11 is 0.